The highest BCUT2D eigenvalue weighted by atomic mass is 16.7. The van der Waals surface area contributed by atoms with Crippen LogP contribution in [0.5, 0.6) is 0 Å². The number of hydrogen-bond acceptors (Lipinski definition) is 10. The lowest BCUT2D eigenvalue weighted by Crippen LogP contribution is -2.41. The van der Waals surface area contributed by atoms with Crippen LogP contribution in [0.3, 0.4) is 0 Å². The summed E-state index contributed by atoms with van der Waals surface area (Å²) < 4.78 is 48.4. The predicted octanol–water partition coefficient (Wildman–Crippen LogP) is 10.6. The second-order valence-electron chi connectivity index (χ2n) is 19.5. The number of carbonyl (C=O) groups is 2. The molecular weight excluding hydrogens is 785 g/mol. The lowest BCUT2D eigenvalue weighted by Gasteiger charge is -2.38. The minimum Gasteiger partial charge on any atom is -0.446 e. The summed E-state index contributed by atoms with van der Waals surface area (Å²) in [5.74, 6) is 13.9. The fourth-order valence-corrected chi connectivity index (χ4v) is 10.7. The third-order valence-electron chi connectivity index (χ3n) is 14.6. The molecule has 4 saturated carbocycles. The number of ether oxygens (including phenoxy) is 8. The van der Waals surface area contributed by atoms with Gasteiger partial charge in [-0.3, -0.25) is 9.59 Å². The van der Waals surface area contributed by atoms with Gasteiger partial charge in [0.15, 0.2) is 23.8 Å². The second kappa shape index (κ2) is 26.7. The smallest absolute Gasteiger partial charge is 0.310 e. The van der Waals surface area contributed by atoms with Crippen LogP contribution in [-0.4, -0.2) is 87.6 Å². The quantitative estimate of drug-likeness (QED) is 0.0667. The third-order valence-corrected chi connectivity index (χ3v) is 14.6. The Morgan fingerprint density at radius 3 is 1.24 bits per heavy atom. The van der Waals surface area contributed by atoms with E-state index in [0.717, 1.165) is 167 Å². The van der Waals surface area contributed by atoms with Gasteiger partial charge in [0.2, 0.25) is 0 Å². The van der Waals surface area contributed by atoms with Gasteiger partial charge < -0.3 is 37.9 Å². The monoisotopic (exact) mass is 867 g/mol. The number of esters is 2. The van der Waals surface area contributed by atoms with E-state index in [1.54, 1.807) is 0 Å². The highest BCUT2D eigenvalue weighted by Gasteiger charge is 2.41. The Hall–Kier alpha value is -2.18. The molecule has 6 rings (SSSR count). The minimum absolute atomic E-state index is 0.0607. The highest BCUT2D eigenvalue weighted by Crippen LogP contribution is 2.40. The van der Waals surface area contributed by atoms with Gasteiger partial charge in [-0.25, -0.2) is 0 Å². The van der Waals surface area contributed by atoms with E-state index in [2.05, 4.69) is 37.5 Å². The van der Waals surface area contributed by atoms with Crippen molar-refractivity contribution in [2.75, 3.05) is 39.6 Å². The van der Waals surface area contributed by atoms with Crippen LogP contribution >= 0.6 is 0 Å². The van der Waals surface area contributed by atoms with Crippen molar-refractivity contribution in [1.29, 1.82) is 0 Å². The van der Waals surface area contributed by atoms with E-state index in [1.807, 2.05) is 0 Å². The van der Waals surface area contributed by atoms with Gasteiger partial charge in [0.05, 0.1) is 37.3 Å². The van der Waals surface area contributed by atoms with Gasteiger partial charge in [0.25, 0.3) is 0 Å². The van der Waals surface area contributed by atoms with Crippen LogP contribution in [0, 0.1) is 47.4 Å². The molecule has 0 radical (unpaired) electrons. The van der Waals surface area contributed by atoms with Crippen molar-refractivity contribution in [1.82, 2.24) is 0 Å². The molecule has 4 aliphatic carbocycles. The van der Waals surface area contributed by atoms with Gasteiger partial charge in [-0.15, -0.1) is 0 Å². The predicted molar refractivity (Wildman–Crippen MR) is 239 cm³/mol. The van der Waals surface area contributed by atoms with E-state index >= 15 is 0 Å². The molecule has 0 spiro atoms. The molecule has 2 heterocycles. The van der Waals surface area contributed by atoms with Gasteiger partial charge >= 0.3 is 11.9 Å². The van der Waals surface area contributed by atoms with E-state index in [1.165, 1.54) is 25.7 Å². The normalized spacial score (nSPS) is 34.2. The maximum Gasteiger partial charge on any atom is 0.310 e. The van der Waals surface area contributed by atoms with Crippen molar-refractivity contribution in [2.24, 2.45) is 23.7 Å². The molecule has 0 aromatic rings. The molecule has 2 aliphatic heterocycles. The van der Waals surface area contributed by atoms with Gasteiger partial charge in [-0.1, -0.05) is 39.5 Å². The molecule has 6 fully saturated rings. The van der Waals surface area contributed by atoms with E-state index in [-0.39, 0.29) is 48.6 Å². The van der Waals surface area contributed by atoms with Gasteiger partial charge in [0, 0.05) is 26.4 Å². The van der Waals surface area contributed by atoms with E-state index < -0.39 is 11.2 Å². The van der Waals surface area contributed by atoms with Gasteiger partial charge in [0.1, 0.15) is 0 Å². The Morgan fingerprint density at radius 2 is 0.887 bits per heavy atom. The van der Waals surface area contributed by atoms with Gasteiger partial charge in [-0.05, 0) is 190 Å². The summed E-state index contributed by atoms with van der Waals surface area (Å²) in [5, 5.41) is 0. The summed E-state index contributed by atoms with van der Waals surface area (Å²) in [7, 11) is 0. The van der Waals surface area contributed by atoms with Crippen molar-refractivity contribution < 1.29 is 47.5 Å². The molecule has 62 heavy (non-hydrogen) atoms. The Kier molecular flexibility index (Phi) is 21.2. The Labute approximate surface area is 375 Å². The third kappa shape index (κ3) is 16.4. The Balaban J connectivity index is 0.991. The first-order valence-electron chi connectivity index (χ1n) is 25.6. The first-order chi connectivity index (χ1) is 30.4. The second-order valence-corrected chi connectivity index (χ2v) is 19.5. The lowest BCUT2D eigenvalue weighted by atomic mass is 9.76. The van der Waals surface area contributed by atoms with E-state index in [4.69, 9.17) is 37.9 Å². The molecule has 350 valence electrons. The average Bonchev–Trinajstić information content (AvgIpc) is 3.30. The molecule has 0 amide bonds. The Bertz CT molecular complexity index is 1310. The fourth-order valence-electron chi connectivity index (χ4n) is 10.7. The summed E-state index contributed by atoms with van der Waals surface area (Å²) in [6.45, 7) is 8.69. The van der Waals surface area contributed by atoms with Crippen LogP contribution in [0.15, 0.2) is 0 Å². The molecule has 0 aromatic heterocycles. The topological polar surface area (TPSA) is 108 Å². The molecule has 0 bridgehead atoms. The molecule has 10 nitrogen and oxygen atoms in total. The summed E-state index contributed by atoms with van der Waals surface area (Å²) in [5.41, 5.74) is -1.66. The van der Waals surface area contributed by atoms with Gasteiger partial charge in [-0.2, -0.15) is 0 Å². The molecule has 2 saturated heterocycles. The van der Waals surface area contributed by atoms with Crippen LogP contribution in [0.25, 0.3) is 0 Å². The number of carbonyl (C=O) groups excluding carboxylic acids is 2. The van der Waals surface area contributed by atoms with Crippen LogP contribution < -0.4 is 0 Å². The lowest BCUT2D eigenvalue weighted by molar-refractivity contribution is -0.167. The molecule has 10 heteroatoms. The SMILES string of the molecule is CCCC1CCC(C#CC#CC2(OC(=O)C3CCC(OCCCOC4CCCCO4)CC3)CCC(CCC)CC2)(OC(=O)C2CCC(OCCCOC3CCCCO3)CC2)CC1. The number of rotatable bonds is 20. The van der Waals surface area contributed by atoms with E-state index in [9.17, 15) is 9.59 Å². The summed E-state index contributed by atoms with van der Waals surface area (Å²) in [6.07, 6.45) is 26.6. The first-order valence-corrected chi connectivity index (χ1v) is 25.6. The average molecular weight is 867 g/mol. The largest absolute Gasteiger partial charge is 0.446 e. The molecule has 2 atom stereocenters. The number of hydrogen-bond donors (Lipinski definition) is 0. The standard InChI is InChI=1S/C52H82O10/c1-3-13-41-25-31-51(32-26-41,61-49(53)43-17-21-45(22-18-43)55-37-11-39-59-47-15-5-9-35-57-47)29-7-8-30-52(33-27-42(14-4-2)28-34-52)62-50(54)44-19-23-46(24-20-44)56-38-12-40-60-48-16-6-10-36-58-48/h41-48H,3-6,9-28,31-40H2,1-2H3. The van der Waals surface area contributed by atoms with Crippen LogP contribution in [0.1, 0.15) is 194 Å². The molecule has 6 aliphatic rings. The summed E-state index contributed by atoms with van der Waals surface area (Å²) >= 11 is 0. The fraction of sp³-hybridized carbons (Fsp3) is 0.885. The zero-order valence-corrected chi connectivity index (χ0v) is 38.7. The highest BCUT2D eigenvalue weighted by molar-refractivity contribution is 5.74. The molecule has 2 unspecified atom stereocenters. The Morgan fingerprint density at radius 1 is 0.500 bits per heavy atom. The van der Waals surface area contributed by atoms with Crippen molar-refractivity contribution in [3.63, 3.8) is 0 Å². The van der Waals surface area contributed by atoms with Crippen molar-refractivity contribution >= 4 is 11.9 Å². The maximum atomic E-state index is 13.8. The molecule has 0 aromatic carbocycles. The first kappa shape index (κ1) is 49.3. The maximum absolute atomic E-state index is 13.8. The van der Waals surface area contributed by atoms with Crippen molar-refractivity contribution in [3.8, 4) is 23.7 Å². The zero-order chi connectivity index (χ0) is 43.3. The van der Waals surface area contributed by atoms with Crippen molar-refractivity contribution in [2.45, 2.75) is 230 Å². The van der Waals surface area contributed by atoms with Crippen LogP contribution in [-0.2, 0) is 47.5 Å². The van der Waals surface area contributed by atoms with Crippen molar-refractivity contribution in [3.05, 3.63) is 0 Å². The summed E-state index contributed by atoms with van der Waals surface area (Å²) in [4.78, 5) is 27.6. The van der Waals surface area contributed by atoms with Crippen LogP contribution in [0.2, 0.25) is 0 Å². The zero-order valence-electron chi connectivity index (χ0n) is 38.7. The van der Waals surface area contributed by atoms with E-state index in [0.29, 0.717) is 38.3 Å². The summed E-state index contributed by atoms with van der Waals surface area (Å²) in [6, 6.07) is 0. The molecule has 0 N–H and O–H groups in total. The molecular formula is C52H82O10. The van der Waals surface area contributed by atoms with Crippen LogP contribution in [0.4, 0.5) is 0 Å². The minimum atomic E-state index is -0.828.